The quantitative estimate of drug-likeness (QED) is 0.484. The lowest BCUT2D eigenvalue weighted by Gasteiger charge is -1.95. The van der Waals surface area contributed by atoms with Gasteiger partial charge in [0, 0.05) is 21.7 Å². The van der Waals surface area contributed by atoms with Gasteiger partial charge in [-0.25, -0.2) is 0 Å². The molecule has 3 heteroatoms. The maximum Gasteiger partial charge on any atom is 0.191 e. The minimum absolute atomic E-state index is 0.00898. The van der Waals surface area contributed by atoms with E-state index in [1.54, 1.807) is 18.3 Å². The molecule has 1 aromatic heterocycles. The predicted molar refractivity (Wildman–Crippen MR) is 75.2 cm³/mol. The molecular weight excluding hydrogens is 290 g/mol. The smallest absolute Gasteiger partial charge is 0.191 e. The van der Waals surface area contributed by atoms with Gasteiger partial charge in [-0.3, -0.25) is 4.79 Å². The fourth-order valence-electron chi connectivity index (χ4n) is 1.60. The van der Waals surface area contributed by atoms with Crippen molar-refractivity contribution < 1.29 is 9.36 Å². The van der Waals surface area contributed by atoms with Crippen LogP contribution in [0.2, 0.25) is 0 Å². The van der Waals surface area contributed by atoms with Crippen molar-refractivity contribution in [1.82, 2.24) is 0 Å². The molecule has 0 aliphatic carbocycles. The largest absolute Gasteiger partial charge is 0.289 e. The molecule has 0 atom stereocenters. The van der Waals surface area contributed by atoms with Crippen LogP contribution in [0.3, 0.4) is 0 Å². The van der Waals surface area contributed by atoms with Crippen molar-refractivity contribution in [3.05, 3.63) is 70.5 Å². The number of nitrogens with zero attached hydrogens (tertiary/aromatic N) is 1. The zero-order valence-corrected chi connectivity index (χ0v) is 11.6. The molecule has 0 aliphatic rings. The van der Waals surface area contributed by atoms with E-state index >= 15 is 0 Å². The number of allylic oxidation sites excluding steroid dienone is 1. The first-order valence-electron chi connectivity index (χ1n) is 5.61. The first-order chi connectivity index (χ1) is 8.65. The van der Waals surface area contributed by atoms with E-state index in [0.29, 0.717) is 5.56 Å². The van der Waals surface area contributed by atoms with Gasteiger partial charge in [-0.1, -0.05) is 28.1 Å². The van der Waals surface area contributed by atoms with Crippen LogP contribution >= 0.6 is 15.9 Å². The van der Waals surface area contributed by atoms with Crippen molar-refractivity contribution >= 4 is 27.9 Å². The minimum atomic E-state index is -0.00898. The van der Waals surface area contributed by atoms with E-state index in [0.717, 1.165) is 10.0 Å². The van der Waals surface area contributed by atoms with E-state index in [1.807, 2.05) is 54.2 Å². The van der Waals surface area contributed by atoms with E-state index in [1.165, 1.54) is 0 Å². The Morgan fingerprint density at radius 3 is 2.83 bits per heavy atom. The zero-order chi connectivity index (χ0) is 13.0. The Balaban J connectivity index is 2.17. The molecule has 0 aliphatic heterocycles. The van der Waals surface area contributed by atoms with Gasteiger partial charge in [0.25, 0.3) is 0 Å². The van der Waals surface area contributed by atoms with Crippen molar-refractivity contribution in [1.29, 1.82) is 0 Å². The van der Waals surface area contributed by atoms with E-state index in [9.17, 15) is 4.79 Å². The van der Waals surface area contributed by atoms with Crippen LogP contribution in [0, 0.1) is 6.92 Å². The number of benzene rings is 1. The number of ketones is 1. The van der Waals surface area contributed by atoms with Crippen LogP contribution in [0.1, 0.15) is 15.9 Å². The van der Waals surface area contributed by atoms with Gasteiger partial charge in [-0.15, -0.1) is 0 Å². The SMILES string of the molecule is Cc1ccc[n+](/C=C/C(=O)c2cccc(Br)c2)c1. The standard InChI is InChI=1S/C15H13BrNO/c1-12-4-3-8-17(11-12)9-7-15(18)13-5-2-6-14(16)10-13/h2-11H,1H3/q+1/b9-7+. The van der Waals surface area contributed by atoms with E-state index in [4.69, 9.17) is 0 Å². The highest BCUT2D eigenvalue weighted by Crippen LogP contribution is 2.12. The average Bonchev–Trinajstić information content (AvgIpc) is 2.36. The number of carbonyl (C=O) groups is 1. The Bertz CT molecular complexity index is 605. The third kappa shape index (κ3) is 3.37. The summed E-state index contributed by atoms with van der Waals surface area (Å²) in [5.41, 5.74) is 1.82. The molecule has 2 aromatic rings. The molecule has 0 radical (unpaired) electrons. The summed E-state index contributed by atoms with van der Waals surface area (Å²) in [6.45, 7) is 2.01. The molecular formula is C15H13BrNO+. The molecule has 0 fully saturated rings. The fourth-order valence-corrected chi connectivity index (χ4v) is 2.00. The van der Waals surface area contributed by atoms with Gasteiger partial charge in [0.15, 0.2) is 24.4 Å². The number of hydrogen-bond donors (Lipinski definition) is 0. The number of aryl methyl sites for hydroxylation is 1. The van der Waals surface area contributed by atoms with Crippen molar-refractivity contribution in [2.24, 2.45) is 0 Å². The summed E-state index contributed by atoms with van der Waals surface area (Å²) in [5, 5.41) is 0. The van der Waals surface area contributed by atoms with Crippen molar-refractivity contribution in [2.45, 2.75) is 6.92 Å². The molecule has 1 heterocycles. The summed E-state index contributed by atoms with van der Waals surface area (Å²) in [6, 6.07) is 11.3. The number of pyridine rings is 1. The molecule has 0 saturated heterocycles. The van der Waals surface area contributed by atoms with Crippen molar-refractivity contribution in [3.8, 4) is 0 Å². The Labute approximate surface area is 115 Å². The number of aromatic nitrogens is 1. The Morgan fingerprint density at radius 1 is 1.28 bits per heavy atom. The third-order valence-corrected chi connectivity index (χ3v) is 2.97. The molecule has 2 nitrogen and oxygen atoms in total. The highest BCUT2D eigenvalue weighted by Gasteiger charge is 2.03. The monoisotopic (exact) mass is 302 g/mol. The summed E-state index contributed by atoms with van der Waals surface area (Å²) in [5.74, 6) is -0.00898. The molecule has 18 heavy (non-hydrogen) atoms. The molecule has 0 spiro atoms. The lowest BCUT2D eigenvalue weighted by atomic mass is 10.1. The predicted octanol–water partition coefficient (Wildman–Crippen LogP) is 3.40. The minimum Gasteiger partial charge on any atom is -0.289 e. The molecule has 1 aromatic carbocycles. The van der Waals surface area contributed by atoms with Gasteiger partial charge in [0.05, 0.1) is 6.08 Å². The van der Waals surface area contributed by atoms with Crippen LogP contribution in [-0.4, -0.2) is 5.78 Å². The summed E-state index contributed by atoms with van der Waals surface area (Å²) < 4.78 is 2.77. The number of rotatable bonds is 3. The van der Waals surface area contributed by atoms with E-state index < -0.39 is 0 Å². The van der Waals surface area contributed by atoms with Gasteiger partial charge in [0.1, 0.15) is 0 Å². The Hall–Kier alpha value is -1.74. The van der Waals surface area contributed by atoms with Gasteiger partial charge in [0.2, 0.25) is 0 Å². The molecule has 0 bridgehead atoms. The summed E-state index contributed by atoms with van der Waals surface area (Å²) in [6.07, 6.45) is 7.19. The Morgan fingerprint density at radius 2 is 2.11 bits per heavy atom. The summed E-state index contributed by atoms with van der Waals surface area (Å²) in [4.78, 5) is 11.9. The van der Waals surface area contributed by atoms with E-state index in [2.05, 4.69) is 15.9 Å². The highest BCUT2D eigenvalue weighted by molar-refractivity contribution is 9.10. The highest BCUT2D eigenvalue weighted by atomic mass is 79.9. The molecule has 90 valence electrons. The van der Waals surface area contributed by atoms with Gasteiger partial charge < -0.3 is 0 Å². The topological polar surface area (TPSA) is 20.9 Å². The molecule has 2 rings (SSSR count). The van der Waals surface area contributed by atoms with Crippen LogP contribution in [0.25, 0.3) is 6.20 Å². The van der Waals surface area contributed by atoms with Crippen molar-refractivity contribution in [3.63, 3.8) is 0 Å². The van der Waals surface area contributed by atoms with Gasteiger partial charge in [-0.2, -0.15) is 4.57 Å². The molecule has 0 N–H and O–H groups in total. The van der Waals surface area contributed by atoms with E-state index in [-0.39, 0.29) is 5.78 Å². The first-order valence-corrected chi connectivity index (χ1v) is 6.40. The molecule has 0 saturated carbocycles. The summed E-state index contributed by atoms with van der Waals surface area (Å²) >= 11 is 3.35. The van der Waals surface area contributed by atoms with Gasteiger partial charge in [-0.05, 0) is 25.1 Å². The van der Waals surface area contributed by atoms with Crippen LogP contribution in [0.4, 0.5) is 0 Å². The number of halogens is 1. The second-order valence-electron chi connectivity index (χ2n) is 4.02. The van der Waals surface area contributed by atoms with Crippen LogP contribution in [-0.2, 0) is 0 Å². The second-order valence-corrected chi connectivity index (χ2v) is 4.93. The fraction of sp³-hybridized carbons (Fsp3) is 0.0667. The lowest BCUT2D eigenvalue weighted by Crippen LogP contribution is -2.25. The van der Waals surface area contributed by atoms with Crippen LogP contribution in [0.5, 0.6) is 0 Å². The second kappa shape index (κ2) is 5.74. The normalized spacial score (nSPS) is 10.8. The maximum atomic E-state index is 11.9. The molecule has 0 amide bonds. The van der Waals surface area contributed by atoms with Crippen LogP contribution in [0.15, 0.2) is 59.3 Å². The number of carbonyl (C=O) groups excluding carboxylic acids is 1. The first kappa shape index (κ1) is 12.7. The zero-order valence-electron chi connectivity index (χ0n) is 10.0. The van der Waals surface area contributed by atoms with Crippen molar-refractivity contribution in [2.75, 3.05) is 0 Å². The number of hydrogen-bond acceptors (Lipinski definition) is 1. The maximum absolute atomic E-state index is 11.9. The summed E-state index contributed by atoms with van der Waals surface area (Å²) in [7, 11) is 0. The Kier molecular flexibility index (Phi) is 4.05. The van der Waals surface area contributed by atoms with Crippen LogP contribution < -0.4 is 4.57 Å². The van der Waals surface area contributed by atoms with Gasteiger partial charge >= 0.3 is 0 Å². The average molecular weight is 303 g/mol. The molecule has 0 unspecified atom stereocenters. The third-order valence-electron chi connectivity index (χ3n) is 2.48. The lowest BCUT2D eigenvalue weighted by molar-refractivity contribution is -0.568.